The Labute approximate surface area is 275 Å². The number of benzene rings is 4. The van der Waals surface area contributed by atoms with Gasteiger partial charge in [0.2, 0.25) is 5.91 Å². The Balaban J connectivity index is 1.26. The average molecular weight is 640 g/mol. The van der Waals surface area contributed by atoms with Crippen molar-refractivity contribution < 1.29 is 29.3 Å². The van der Waals surface area contributed by atoms with Crippen molar-refractivity contribution in [3.05, 3.63) is 125 Å². The van der Waals surface area contributed by atoms with Crippen LogP contribution in [0.1, 0.15) is 73.2 Å². The van der Waals surface area contributed by atoms with Crippen LogP contribution in [0.4, 0.5) is 0 Å². The molecule has 240 valence electrons. The van der Waals surface area contributed by atoms with E-state index in [9.17, 15) is 14.7 Å². The molecule has 0 saturated carbocycles. The molecule has 0 spiro atoms. The van der Waals surface area contributed by atoms with Gasteiger partial charge in [0, 0.05) is 42.0 Å². The molecule has 0 aliphatic carbocycles. The van der Waals surface area contributed by atoms with Crippen molar-refractivity contribution in [1.82, 2.24) is 5.32 Å². The van der Waals surface area contributed by atoms with Crippen molar-refractivity contribution in [3.8, 4) is 11.1 Å². The molecule has 5 rings (SSSR count). The van der Waals surface area contributed by atoms with E-state index in [0.29, 0.717) is 25.8 Å². The van der Waals surface area contributed by atoms with E-state index in [1.807, 2.05) is 66.7 Å². The Bertz CT molecular complexity index is 1560. The van der Waals surface area contributed by atoms with Gasteiger partial charge in [-0.3, -0.25) is 9.59 Å². The van der Waals surface area contributed by atoms with Crippen LogP contribution < -0.4 is 5.32 Å². The lowest BCUT2D eigenvalue weighted by molar-refractivity contribution is -0.245. The highest BCUT2D eigenvalue weighted by Crippen LogP contribution is 2.40. The van der Waals surface area contributed by atoms with E-state index in [0.717, 1.165) is 52.0 Å². The minimum atomic E-state index is -0.801. The number of hydrogen-bond acceptors (Lipinski definition) is 6. The van der Waals surface area contributed by atoms with Crippen LogP contribution in [0.25, 0.3) is 11.1 Å². The Morgan fingerprint density at radius 1 is 0.761 bits per heavy atom. The van der Waals surface area contributed by atoms with Crippen LogP contribution >= 0.6 is 11.8 Å². The van der Waals surface area contributed by atoms with Crippen molar-refractivity contribution in [2.75, 3.05) is 5.75 Å². The lowest BCUT2D eigenvalue weighted by atomic mass is 9.99. The third-order valence-electron chi connectivity index (χ3n) is 8.00. The number of hydrogen-bond donors (Lipinski definition) is 3. The van der Waals surface area contributed by atoms with Crippen LogP contribution in [-0.2, 0) is 32.2 Å². The molecule has 1 fully saturated rings. The summed E-state index contributed by atoms with van der Waals surface area (Å²) >= 11 is 1.78. The summed E-state index contributed by atoms with van der Waals surface area (Å²) in [5, 5.41) is 21.3. The quantitative estimate of drug-likeness (QED) is 0.0899. The number of ether oxygens (including phenoxy) is 2. The van der Waals surface area contributed by atoms with E-state index in [2.05, 4.69) is 41.7 Å². The van der Waals surface area contributed by atoms with E-state index in [4.69, 9.17) is 14.6 Å². The second-order valence-electron chi connectivity index (χ2n) is 11.5. The SMILES string of the molecule is O=C(O)CCCCCC(=O)NCc1cccc(-c2cccc(C3OC(CSc4ccccc4)CC(c4ccc(CO)cc4)O3)c2)c1. The highest BCUT2D eigenvalue weighted by Gasteiger charge is 2.32. The Morgan fingerprint density at radius 2 is 1.50 bits per heavy atom. The molecular formula is C38H41NO6S. The van der Waals surface area contributed by atoms with Crippen LogP contribution in [0.3, 0.4) is 0 Å². The maximum atomic E-state index is 12.3. The molecular weight excluding hydrogens is 598 g/mol. The summed E-state index contributed by atoms with van der Waals surface area (Å²) < 4.78 is 13.2. The van der Waals surface area contributed by atoms with Crippen molar-refractivity contribution in [1.29, 1.82) is 0 Å². The van der Waals surface area contributed by atoms with E-state index >= 15 is 0 Å². The van der Waals surface area contributed by atoms with Crippen molar-refractivity contribution >= 4 is 23.6 Å². The third kappa shape index (κ3) is 10.0. The van der Waals surface area contributed by atoms with Crippen molar-refractivity contribution in [3.63, 3.8) is 0 Å². The van der Waals surface area contributed by atoms with Crippen molar-refractivity contribution in [2.45, 2.75) is 75.1 Å². The number of carbonyl (C=O) groups excluding carboxylic acids is 1. The summed E-state index contributed by atoms with van der Waals surface area (Å²) in [4.78, 5) is 24.2. The second-order valence-corrected chi connectivity index (χ2v) is 12.6. The summed E-state index contributed by atoms with van der Waals surface area (Å²) in [7, 11) is 0. The topological polar surface area (TPSA) is 105 Å². The first-order valence-corrected chi connectivity index (χ1v) is 16.8. The minimum Gasteiger partial charge on any atom is -0.481 e. The molecule has 7 nitrogen and oxygen atoms in total. The highest BCUT2D eigenvalue weighted by molar-refractivity contribution is 7.99. The minimum absolute atomic E-state index is 0.00439. The number of aliphatic carboxylic acids is 1. The van der Waals surface area contributed by atoms with Crippen LogP contribution in [0.15, 0.2) is 108 Å². The Morgan fingerprint density at radius 3 is 2.26 bits per heavy atom. The standard InChI is InChI=1S/C38H41NO6S/c40-25-27-17-19-29(20-18-27)35-23-33(26-46-34-13-3-1-4-14-34)44-38(45-35)32-12-8-11-31(22-32)30-10-7-9-28(21-30)24-39-36(41)15-5-2-6-16-37(42)43/h1,3-4,7-14,17-22,33,35,38,40H,2,5-6,15-16,23-26H2,(H,39,41)(H,42,43). The lowest BCUT2D eigenvalue weighted by Crippen LogP contribution is -2.31. The molecule has 0 aromatic heterocycles. The molecule has 1 aliphatic heterocycles. The highest BCUT2D eigenvalue weighted by atomic mass is 32.2. The Kier molecular flexibility index (Phi) is 12.4. The van der Waals surface area contributed by atoms with E-state index in [1.54, 1.807) is 11.8 Å². The van der Waals surface area contributed by atoms with E-state index in [-0.39, 0.29) is 31.1 Å². The van der Waals surface area contributed by atoms with Crippen molar-refractivity contribution in [2.24, 2.45) is 0 Å². The number of carboxylic acids is 1. The van der Waals surface area contributed by atoms with Crippen LogP contribution in [-0.4, -0.2) is 33.9 Å². The van der Waals surface area contributed by atoms with Gasteiger partial charge < -0.3 is 25.0 Å². The molecule has 1 heterocycles. The number of carbonyl (C=O) groups is 2. The van der Waals surface area contributed by atoms with Crippen LogP contribution in [0.5, 0.6) is 0 Å². The number of aliphatic hydroxyl groups excluding tert-OH is 1. The molecule has 1 aliphatic rings. The fourth-order valence-corrected chi connectivity index (χ4v) is 6.42. The van der Waals surface area contributed by atoms with Gasteiger partial charge in [0.25, 0.3) is 0 Å². The molecule has 46 heavy (non-hydrogen) atoms. The number of nitrogens with one attached hydrogen (secondary N) is 1. The molecule has 3 unspecified atom stereocenters. The second kappa shape index (κ2) is 17.1. The smallest absolute Gasteiger partial charge is 0.303 e. The molecule has 4 aromatic rings. The fourth-order valence-electron chi connectivity index (χ4n) is 5.48. The van der Waals surface area contributed by atoms with Crippen LogP contribution in [0, 0.1) is 0 Å². The summed E-state index contributed by atoms with van der Waals surface area (Å²) in [5.41, 5.74) is 5.92. The first kappa shape index (κ1) is 33.4. The predicted octanol–water partition coefficient (Wildman–Crippen LogP) is 7.83. The summed E-state index contributed by atoms with van der Waals surface area (Å²) in [6.07, 6.45) is 2.52. The molecule has 8 heteroatoms. The van der Waals surface area contributed by atoms with Crippen LogP contribution in [0.2, 0.25) is 0 Å². The van der Waals surface area contributed by atoms with Gasteiger partial charge in [-0.05, 0) is 64.9 Å². The fraction of sp³-hybridized carbons (Fsp3) is 0.316. The maximum Gasteiger partial charge on any atom is 0.303 e. The summed E-state index contributed by atoms with van der Waals surface area (Å²) in [6, 6.07) is 34.6. The van der Waals surface area contributed by atoms with E-state index < -0.39 is 12.3 Å². The predicted molar refractivity (Wildman–Crippen MR) is 180 cm³/mol. The number of thioether (sulfide) groups is 1. The molecule has 1 saturated heterocycles. The lowest BCUT2D eigenvalue weighted by Gasteiger charge is -2.36. The molecule has 0 radical (unpaired) electrons. The number of aliphatic hydroxyl groups is 1. The maximum absolute atomic E-state index is 12.3. The first-order chi connectivity index (χ1) is 22.5. The zero-order valence-corrected chi connectivity index (χ0v) is 26.7. The molecule has 3 atom stereocenters. The largest absolute Gasteiger partial charge is 0.481 e. The van der Waals surface area contributed by atoms with Gasteiger partial charge in [-0.15, -0.1) is 11.8 Å². The normalized spacial score (nSPS) is 17.8. The summed E-state index contributed by atoms with van der Waals surface area (Å²) in [5.74, 6) is -0.0368. The van der Waals surface area contributed by atoms with Gasteiger partial charge in [0.05, 0.1) is 18.8 Å². The molecule has 3 N–H and O–H groups in total. The van der Waals surface area contributed by atoms with Gasteiger partial charge in [-0.2, -0.15) is 0 Å². The number of amides is 1. The van der Waals surface area contributed by atoms with Gasteiger partial charge in [-0.1, -0.05) is 85.3 Å². The zero-order valence-electron chi connectivity index (χ0n) is 25.8. The number of unbranched alkanes of at least 4 members (excludes halogenated alkanes) is 2. The number of carboxylic acid groups (broad SMARTS) is 1. The van der Waals surface area contributed by atoms with E-state index in [1.165, 1.54) is 4.90 Å². The Hall–Kier alpha value is -3.95. The first-order valence-electron chi connectivity index (χ1n) is 15.8. The summed E-state index contributed by atoms with van der Waals surface area (Å²) in [6.45, 7) is 0.429. The third-order valence-corrected chi connectivity index (χ3v) is 9.14. The average Bonchev–Trinajstić information content (AvgIpc) is 3.10. The molecule has 0 bridgehead atoms. The van der Waals surface area contributed by atoms with Gasteiger partial charge in [0.15, 0.2) is 6.29 Å². The zero-order chi connectivity index (χ0) is 32.1. The van der Waals surface area contributed by atoms with Gasteiger partial charge >= 0.3 is 5.97 Å². The van der Waals surface area contributed by atoms with Gasteiger partial charge in [-0.25, -0.2) is 0 Å². The molecule has 1 amide bonds. The number of rotatable bonds is 15. The van der Waals surface area contributed by atoms with Gasteiger partial charge in [0.1, 0.15) is 0 Å². The monoisotopic (exact) mass is 639 g/mol. The molecule has 4 aromatic carbocycles.